The predicted octanol–water partition coefficient (Wildman–Crippen LogP) is 3.23. The van der Waals surface area contributed by atoms with Crippen LogP contribution in [0.1, 0.15) is 11.1 Å². The second-order valence-electron chi connectivity index (χ2n) is 3.48. The highest BCUT2D eigenvalue weighted by molar-refractivity contribution is 5.70. The molecule has 1 aromatic carbocycles. The summed E-state index contributed by atoms with van der Waals surface area (Å²) in [5, 5.41) is 8.44. The Balaban J connectivity index is 3.20. The first-order valence-electron chi connectivity index (χ1n) is 4.66. The Morgan fingerprint density at radius 2 is 1.68 bits per heavy atom. The van der Waals surface area contributed by atoms with Gasteiger partial charge in [-0.05, 0) is 23.8 Å². The number of rotatable bonds is 3. The van der Waals surface area contributed by atoms with Crippen LogP contribution < -0.4 is 4.74 Å². The van der Waals surface area contributed by atoms with E-state index in [9.17, 15) is 31.1 Å². The van der Waals surface area contributed by atoms with E-state index in [4.69, 9.17) is 5.11 Å². The second kappa shape index (κ2) is 4.98. The van der Waals surface area contributed by atoms with Crippen molar-refractivity contribution in [2.24, 2.45) is 0 Å². The molecule has 106 valence electrons. The molecule has 1 aromatic rings. The number of ether oxygens (including phenoxy) is 1. The van der Waals surface area contributed by atoms with Crippen molar-refractivity contribution in [1.82, 2.24) is 0 Å². The van der Waals surface area contributed by atoms with Crippen molar-refractivity contribution >= 4 is 5.97 Å². The quantitative estimate of drug-likeness (QED) is 0.869. The van der Waals surface area contributed by atoms with Crippen LogP contribution in [0.2, 0.25) is 0 Å². The summed E-state index contributed by atoms with van der Waals surface area (Å²) < 4.78 is 76.5. The molecule has 0 saturated carbocycles. The standard InChI is InChI=1S/C10H6F6O3/c11-9(12,13)6-1-5(3-8(17)18)2-7(4-6)19-10(14,15)16/h1-2,4H,3H2,(H,17,18). The third kappa shape index (κ3) is 5.06. The topological polar surface area (TPSA) is 46.5 Å². The molecule has 0 bridgehead atoms. The van der Waals surface area contributed by atoms with Crippen LogP contribution in [-0.2, 0) is 17.4 Å². The van der Waals surface area contributed by atoms with Gasteiger partial charge >= 0.3 is 18.5 Å². The monoisotopic (exact) mass is 288 g/mol. The highest BCUT2D eigenvalue weighted by atomic mass is 19.4. The van der Waals surface area contributed by atoms with Crippen molar-refractivity contribution < 1.29 is 41.0 Å². The lowest BCUT2D eigenvalue weighted by atomic mass is 10.1. The van der Waals surface area contributed by atoms with Crippen LogP contribution in [0.25, 0.3) is 0 Å². The molecule has 0 saturated heterocycles. The zero-order valence-electron chi connectivity index (χ0n) is 8.97. The Labute approximate surface area is 102 Å². The van der Waals surface area contributed by atoms with Gasteiger partial charge in [-0.2, -0.15) is 13.2 Å². The summed E-state index contributed by atoms with van der Waals surface area (Å²) in [6.07, 6.45) is -10.9. The minimum Gasteiger partial charge on any atom is -0.481 e. The van der Waals surface area contributed by atoms with Crippen LogP contribution in [0, 0.1) is 0 Å². The van der Waals surface area contributed by atoms with Crippen molar-refractivity contribution in [3.63, 3.8) is 0 Å². The van der Waals surface area contributed by atoms with Gasteiger partial charge in [-0.25, -0.2) is 0 Å². The van der Waals surface area contributed by atoms with E-state index in [-0.39, 0.29) is 6.07 Å². The molecule has 1 rings (SSSR count). The number of halogens is 6. The number of hydrogen-bond acceptors (Lipinski definition) is 2. The third-order valence-electron chi connectivity index (χ3n) is 1.88. The highest BCUT2D eigenvalue weighted by Gasteiger charge is 2.35. The van der Waals surface area contributed by atoms with Gasteiger partial charge in [-0.15, -0.1) is 13.2 Å². The molecule has 0 aromatic heterocycles. The molecule has 0 radical (unpaired) electrons. The van der Waals surface area contributed by atoms with E-state index in [2.05, 4.69) is 4.74 Å². The van der Waals surface area contributed by atoms with Gasteiger partial charge in [0.25, 0.3) is 0 Å². The van der Waals surface area contributed by atoms with E-state index in [1.54, 1.807) is 0 Å². The smallest absolute Gasteiger partial charge is 0.481 e. The van der Waals surface area contributed by atoms with Gasteiger partial charge in [0, 0.05) is 0 Å². The van der Waals surface area contributed by atoms with E-state index in [1.165, 1.54) is 0 Å². The van der Waals surface area contributed by atoms with Crippen LogP contribution in [-0.4, -0.2) is 17.4 Å². The van der Waals surface area contributed by atoms with Gasteiger partial charge in [0.05, 0.1) is 12.0 Å². The first-order chi connectivity index (χ1) is 8.47. The molecule has 0 aliphatic rings. The van der Waals surface area contributed by atoms with Gasteiger partial charge in [0.15, 0.2) is 0 Å². The Hall–Kier alpha value is -1.93. The molecule has 0 atom stereocenters. The fraction of sp³-hybridized carbons (Fsp3) is 0.300. The fourth-order valence-corrected chi connectivity index (χ4v) is 1.29. The van der Waals surface area contributed by atoms with Crippen molar-refractivity contribution in [2.45, 2.75) is 19.0 Å². The van der Waals surface area contributed by atoms with Crippen LogP contribution in [0.5, 0.6) is 5.75 Å². The maximum absolute atomic E-state index is 12.4. The summed E-state index contributed by atoms with van der Waals surface area (Å²) in [5.41, 5.74) is -1.85. The first kappa shape index (κ1) is 15.1. The SMILES string of the molecule is O=C(O)Cc1cc(OC(F)(F)F)cc(C(F)(F)F)c1. The maximum Gasteiger partial charge on any atom is 0.573 e. The number of carbonyl (C=O) groups is 1. The Morgan fingerprint density at radius 1 is 1.11 bits per heavy atom. The lowest BCUT2D eigenvalue weighted by molar-refractivity contribution is -0.274. The molecule has 1 N–H and O–H groups in total. The van der Waals surface area contributed by atoms with Gasteiger partial charge < -0.3 is 9.84 Å². The summed E-state index contributed by atoms with van der Waals surface area (Å²) >= 11 is 0. The van der Waals surface area contributed by atoms with Crippen molar-refractivity contribution in [3.8, 4) is 5.75 Å². The molecule has 9 heteroatoms. The van der Waals surface area contributed by atoms with Gasteiger partial charge in [-0.3, -0.25) is 4.79 Å². The Bertz CT molecular complexity index is 477. The third-order valence-corrected chi connectivity index (χ3v) is 1.88. The first-order valence-corrected chi connectivity index (χ1v) is 4.66. The van der Waals surface area contributed by atoms with Crippen LogP contribution in [0.15, 0.2) is 18.2 Å². The molecular weight excluding hydrogens is 282 g/mol. The van der Waals surface area contributed by atoms with Crippen LogP contribution >= 0.6 is 0 Å². The molecule has 3 nitrogen and oxygen atoms in total. The largest absolute Gasteiger partial charge is 0.573 e. The molecule has 0 spiro atoms. The number of carboxylic acid groups (broad SMARTS) is 1. The molecule has 0 aliphatic carbocycles. The molecular formula is C10H6F6O3. The summed E-state index contributed by atoms with van der Waals surface area (Å²) in [4.78, 5) is 10.4. The van der Waals surface area contributed by atoms with Crippen molar-refractivity contribution in [1.29, 1.82) is 0 Å². The fourth-order valence-electron chi connectivity index (χ4n) is 1.29. The van der Waals surface area contributed by atoms with E-state index >= 15 is 0 Å². The van der Waals surface area contributed by atoms with Crippen molar-refractivity contribution in [3.05, 3.63) is 29.3 Å². The second-order valence-corrected chi connectivity index (χ2v) is 3.48. The number of carboxylic acids is 1. The van der Waals surface area contributed by atoms with Crippen LogP contribution in [0.4, 0.5) is 26.3 Å². The molecule has 0 amide bonds. The Morgan fingerprint density at radius 3 is 2.11 bits per heavy atom. The molecule has 0 unspecified atom stereocenters. The zero-order valence-corrected chi connectivity index (χ0v) is 8.97. The molecule has 0 fully saturated rings. The number of alkyl halides is 6. The van der Waals surface area contributed by atoms with E-state index in [0.29, 0.717) is 12.1 Å². The minimum absolute atomic E-state index is 0.152. The predicted molar refractivity (Wildman–Crippen MR) is 49.5 cm³/mol. The summed E-state index contributed by atoms with van der Waals surface area (Å²) in [5.74, 6) is -2.59. The molecule has 0 heterocycles. The van der Waals surface area contributed by atoms with Crippen LogP contribution in [0.3, 0.4) is 0 Å². The zero-order chi connectivity index (χ0) is 14.8. The van der Waals surface area contributed by atoms with Crippen molar-refractivity contribution in [2.75, 3.05) is 0 Å². The highest BCUT2D eigenvalue weighted by Crippen LogP contribution is 2.34. The molecule has 0 aliphatic heterocycles. The average Bonchev–Trinajstić information content (AvgIpc) is 2.11. The lowest BCUT2D eigenvalue weighted by Gasteiger charge is -2.13. The van der Waals surface area contributed by atoms with E-state index < -0.39 is 41.8 Å². The Kier molecular flexibility index (Phi) is 3.97. The summed E-state index contributed by atoms with van der Waals surface area (Å²) in [7, 11) is 0. The molecule has 19 heavy (non-hydrogen) atoms. The normalized spacial score (nSPS) is 12.3. The van der Waals surface area contributed by atoms with Gasteiger partial charge in [0.2, 0.25) is 0 Å². The van der Waals surface area contributed by atoms with Gasteiger partial charge in [0.1, 0.15) is 5.75 Å². The van der Waals surface area contributed by atoms with E-state index in [1.807, 2.05) is 0 Å². The average molecular weight is 288 g/mol. The minimum atomic E-state index is -5.16. The van der Waals surface area contributed by atoms with Gasteiger partial charge in [-0.1, -0.05) is 0 Å². The summed E-state index contributed by atoms with van der Waals surface area (Å²) in [6.45, 7) is 0. The number of benzene rings is 1. The number of hydrogen-bond donors (Lipinski definition) is 1. The lowest BCUT2D eigenvalue weighted by Crippen LogP contribution is -2.18. The van der Waals surface area contributed by atoms with E-state index in [0.717, 1.165) is 0 Å². The number of aliphatic carboxylic acids is 1. The summed E-state index contributed by atoms with van der Waals surface area (Å²) in [6, 6.07) is 1.20. The maximum atomic E-state index is 12.4.